The lowest BCUT2D eigenvalue weighted by molar-refractivity contribution is -0.141. The minimum atomic E-state index is -0.118. The van der Waals surface area contributed by atoms with E-state index in [1.807, 2.05) is 36.1 Å². The van der Waals surface area contributed by atoms with Crippen LogP contribution >= 0.6 is 11.6 Å². The Morgan fingerprint density at radius 2 is 2.00 bits per heavy atom. The van der Waals surface area contributed by atoms with E-state index in [0.717, 1.165) is 42.4 Å². The van der Waals surface area contributed by atoms with Gasteiger partial charge in [-0.3, -0.25) is 9.69 Å². The maximum absolute atomic E-state index is 12.4. The van der Waals surface area contributed by atoms with E-state index in [1.165, 1.54) is 22.3 Å². The molecule has 2 aliphatic heterocycles. The van der Waals surface area contributed by atoms with Crippen LogP contribution in [0.5, 0.6) is 5.75 Å². The number of likely N-dealkylation sites (tertiary alicyclic amines) is 1. The highest BCUT2D eigenvalue weighted by molar-refractivity contribution is 6.31. The minimum absolute atomic E-state index is 0.0576. The Hall–Kier alpha value is -2.34. The zero-order valence-corrected chi connectivity index (χ0v) is 19.4. The first-order valence-corrected chi connectivity index (χ1v) is 11.6. The average molecular weight is 453 g/mol. The van der Waals surface area contributed by atoms with Crippen LogP contribution in [0.25, 0.3) is 5.57 Å². The molecule has 2 aromatic rings. The predicted octanol–water partition coefficient (Wildman–Crippen LogP) is 3.77. The zero-order chi connectivity index (χ0) is 22.5. The molecule has 0 unspecified atom stereocenters. The summed E-state index contributed by atoms with van der Waals surface area (Å²) in [6.07, 6.45) is 1.33. The topological polar surface area (TPSA) is 53.0 Å². The predicted molar refractivity (Wildman–Crippen MR) is 126 cm³/mol. The average Bonchev–Trinajstić information content (AvgIpc) is 3.16. The standard InChI is InChI=1S/C26H29ClN2O3/c1-3-24(31)29-15-26(16-29)14-28(12-17-6-4-5-7-22(17)27)23(13-30)21-11-18-10-19(32-2)8-9-20(18)25(21)26/h4-10,23,30H,3,11-16H2,1-2H3/t23-/m0/s1. The third kappa shape index (κ3) is 3.35. The van der Waals surface area contributed by atoms with Crippen LogP contribution in [0.3, 0.4) is 0 Å². The summed E-state index contributed by atoms with van der Waals surface area (Å²) in [5, 5.41) is 11.2. The van der Waals surface area contributed by atoms with Crippen molar-refractivity contribution in [3.05, 3.63) is 69.8 Å². The highest BCUT2D eigenvalue weighted by Gasteiger charge is 2.55. The van der Waals surface area contributed by atoms with Crippen molar-refractivity contribution in [2.45, 2.75) is 32.4 Å². The third-order valence-corrected chi connectivity index (χ3v) is 7.68. The van der Waals surface area contributed by atoms with Crippen LogP contribution in [0.2, 0.25) is 5.02 Å². The summed E-state index contributed by atoms with van der Waals surface area (Å²) >= 11 is 6.49. The fourth-order valence-electron chi connectivity index (χ4n) is 5.84. The first-order chi connectivity index (χ1) is 15.5. The molecule has 5 rings (SSSR count). The molecular formula is C26H29ClN2O3. The number of aliphatic hydroxyl groups excluding tert-OH is 1. The van der Waals surface area contributed by atoms with Crippen LogP contribution in [-0.2, 0) is 17.8 Å². The van der Waals surface area contributed by atoms with E-state index < -0.39 is 0 Å². The summed E-state index contributed by atoms with van der Waals surface area (Å²) in [5.41, 5.74) is 6.05. The van der Waals surface area contributed by atoms with Crippen molar-refractivity contribution >= 4 is 23.1 Å². The van der Waals surface area contributed by atoms with Crippen molar-refractivity contribution in [1.29, 1.82) is 0 Å². The molecule has 3 aliphatic rings. The Labute approximate surface area is 194 Å². The Bertz CT molecular complexity index is 1090. The number of nitrogens with zero attached hydrogens (tertiary/aromatic N) is 2. The van der Waals surface area contributed by atoms with Gasteiger partial charge in [0.15, 0.2) is 0 Å². The normalized spacial score (nSPS) is 21.4. The fraction of sp³-hybridized carbons (Fsp3) is 0.423. The fourth-order valence-corrected chi connectivity index (χ4v) is 6.04. The van der Waals surface area contributed by atoms with Crippen LogP contribution in [0, 0.1) is 5.41 Å². The van der Waals surface area contributed by atoms with Gasteiger partial charge in [-0.25, -0.2) is 0 Å². The van der Waals surface area contributed by atoms with Crippen molar-refractivity contribution in [3.8, 4) is 5.75 Å². The van der Waals surface area contributed by atoms with Crippen molar-refractivity contribution in [2.75, 3.05) is 33.4 Å². The van der Waals surface area contributed by atoms with Crippen molar-refractivity contribution in [3.63, 3.8) is 0 Å². The van der Waals surface area contributed by atoms with Crippen LogP contribution < -0.4 is 4.74 Å². The lowest BCUT2D eigenvalue weighted by atomic mass is 9.66. The van der Waals surface area contributed by atoms with Crippen LogP contribution in [0.15, 0.2) is 48.0 Å². The molecule has 168 valence electrons. The van der Waals surface area contributed by atoms with Crippen molar-refractivity contribution in [2.24, 2.45) is 5.41 Å². The van der Waals surface area contributed by atoms with Gasteiger partial charge in [0.1, 0.15) is 5.75 Å². The lowest BCUT2D eigenvalue weighted by Crippen LogP contribution is -2.66. The maximum atomic E-state index is 12.4. The van der Waals surface area contributed by atoms with Gasteiger partial charge in [0.2, 0.25) is 5.91 Å². The number of ether oxygens (including phenoxy) is 1. The van der Waals surface area contributed by atoms with E-state index in [4.69, 9.17) is 16.3 Å². The number of amides is 1. The SMILES string of the molecule is CCC(=O)N1CC2(C1)CN(Cc1ccccc1Cl)[C@@H](CO)C1=C2c2ccc(OC)cc2C1. The number of rotatable bonds is 5. The summed E-state index contributed by atoms with van der Waals surface area (Å²) in [7, 11) is 1.69. The molecule has 1 aliphatic carbocycles. The second-order valence-electron chi connectivity index (χ2n) is 9.18. The molecule has 2 heterocycles. The second kappa shape index (κ2) is 8.22. The van der Waals surface area contributed by atoms with E-state index in [2.05, 4.69) is 23.1 Å². The number of halogens is 1. The Kier molecular flexibility index (Phi) is 5.52. The molecule has 1 saturated heterocycles. The quantitative estimate of drug-likeness (QED) is 0.750. The van der Waals surface area contributed by atoms with Gasteiger partial charge in [-0.15, -0.1) is 0 Å². The van der Waals surface area contributed by atoms with E-state index in [-0.39, 0.29) is 24.0 Å². The van der Waals surface area contributed by atoms with Gasteiger partial charge in [0, 0.05) is 43.0 Å². The molecule has 1 N–H and O–H groups in total. The maximum Gasteiger partial charge on any atom is 0.222 e. The molecule has 0 saturated carbocycles. The molecule has 1 fully saturated rings. The van der Waals surface area contributed by atoms with Crippen molar-refractivity contribution in [1.82, 2.24) is 9.80 Å². The Balaban J connectivity index is 1.55. The number of carbonyl (C=O) groups excluding carboxylic acids is 1. The van der Waals surface area contributed by atoms with Crippen LogP contribution in [0.4, 0.5) is 0 Å². The minimum Gasteiger partial charge on any atom is -0.497 e. The molecule has 0 aromatic heterocycles. The number of hydrogen-bond donors (Lipinski definition) is 1. The molecule has 2 aromatic carbocycles. The van der Waals surface area contributed by atoms with Gasteiger partial charge in [0.05, 0.1) is 19.8 Å². The van der Waals surface area contributed by atoms with Gasteiger partial charge in [-0.1, -0.05) is 42.8 Å². The van der Waals surface area contributed by atoms with E-state index in [0.29, 0.717) is 13.0 Å². The van der Waals surface area contributed by atoms with Crippen molar-refractivity contribution < 1.29 is 14.6 Å². The van der Waals surface area contributed by atoms with E-state index in [1.54, 1.807) is 7.11 Å². The molecule has 32 heavy (non-hydrogen) atoms. The second-order valence-corrected chi connectivity index (χ2v) is 9.59. The zero-order valence-electron chi connectivity index (χ0n) is 18.6. The van der Waals surface area contributed by atoms with Gasteiger partial charge in [-0.2, -0.15) is 0 Å². The molecular weight excluding hydrogens is 424 g/mol. The first kappa shape index (κ1) is 21.5. The number of hydrogen-bond acceptors (Lipinski definition) is 4. The lowest BCUT2D eigenvalue weighted by Gasteiger charge is -2.57. The molecule has 0 bridgehead atoms. The molecule has 1 atom stereocenters. The largest absolute Gasteiger partial charge is 0.497 e. The monoisotopic (exact) mass is 452 g/mol. The number of benzene rings is 2. The van der Waals surface area contributed by atoms with Crippen LogP contribution in [-0.4, -0.2) is 60.2 Å². The number of carbonyl (C=O) groups is 1. The molecule has 1 amide bonds. The molecule has 0 radical (unpaired) electrons. The smallest absolute Gasteiger partial charge is 0.222 e. The third-order valence-electron chi connectivity index (χ3n) is 7.31. The number of methoxy groups -OCH3 is 1. The van der Waals surface area contributed by atoms with Gasteiger partial charge in [0.25, 0.3) is 0 Å². The van der Waals surface area contributed by atoms with E-state index >= 15 is 0 Å². The summed E-state index contributed by atoms with van der Waals surface area (Å²) in [5.74, 6) is 1.05. The van der Waals surface area contributed by atoms with Gasteiger partial charge in [-0.05, 0) is 52.5 Å². The molecule has 5 nitrogen and oxygen atoms in total. The van der Waals surface area contributed by atoms with Gasteiger partial charge < -0.3 is 14.7 Å². The molecule has 1 spiro atoms. The number of aliphatic hydroxyl groups is 1. The summed E-state index contributed by atoms with van der Waals surface area (Å²) < 4.78 is 5.47. The summed E-state index contributed by atoms with van der Waals surface area (Å²) in [6.45, 7) is 4.89. The Morgan fingerprint density at radius 3 is 2.69 bits per heavy atom. The highest BCUT2D eigenvalue weighted by Crippen LogP contribution is 2.54. The van der Waals surface area contributed by atoms with E-state index in [9.17, 15) is 9.90 Å². The van der Waals surface area contributed by atoms with Gasteiger partial charge >= 0.3 is 0 Å². The Morgan fingerprint density at radius 1 is 1.22 bits per heavy atom. The highest BCUT2D eigenvalue weighted by atomic mass is 35.5. The molecule has 6 heteroatoms. The summed E-state index contributed by atoms with van der Waals surface area (Å²) in [6, 6.07) is 14.1. The number of fused-ring (bicyclic) bond motifs is 3. The summed E-state index contributed by atoms with van der Waals surface area (Å²) in [4.78, 5) is 16.7. The van der Waals surface area contributed by atoms with Crippen LogP contribution in [0.1, 0.15) is 30.0 Å². The first-order valence-electron chi connectivity index (χ1n) is 11.3.